The lowest BCUT2D eigenvalue weighted by Gasteiger charge is -2.14. The van der Waals surface area contributed by atoms with E-state index in [-0.39, 0.29) is 31.4 Å². The van der Waals surface area contributed by atoms with Gasteiger partial charge in [0.2, 0.25) is 5.91 Å². The molecule has 2 aromatic rings. The summed E-state index contributed by atoms with van der Waals surface area (Å²) >= 11 is 0. The number of carbonyl (C=O) groups is 3. The molecule has 6 nitrogen and oxygen atoms in total. The van der Waals surface area contributed by atoms with Crippen LogP contribution in [-0.4, -0.2) is 40.9 Å². The fraction of sp³-hybridized carbons (Fsp3) is 0.320. The van der Waals surface area contributed by atoms with Gasteiger partial charge in [0, 0.05) is 36.7 Å². The van der Waals surface area contributed by atoms with E-state index in [0.717, 1.165) is 27.2 Å². The molecule has 1 unspecified atom stereocenters. The molecule has 2 aliphatic rings. The van der Waals surface area contributed by atoms with Crippen molar-refractivity contribution in [3.8, 4) is 11.1 Å². The van der Waals surface area contributed by atoms with Crippen molar-refractivity contribution >= 4 is 23.4 Å². The number of anilines is 1. The number of hydrogen-bond donors (Lipinski definition) is 2. The van der Waals surface area contributed by atoms with E-state index in [1.807, 2.05) is 70.2 Å². The van der Waals surface area contributed by atoms with Gasteiger partial charge in [-0.3, -0.25) is 19.3 Å². The van der Waals surface area contributed by atoms with Crippen LogP contribution >= 0.6 is 0 Å². The van der Waals surface area contributed by atoms with Crippen molar-refractivity contribution in [3.05, 3.63) is 65.7 Å². The molecule has 0 saturated heterocycles. The molecule has 0 radical (unpaired) electrons. The summed E-state index contributed by atoms with van der Waals surface area (Å²) in [5.41, 5.74) is 4.84. The number of aliphatic hydroxyl groups is 1. The first-order chi connectivity index (χ1) is 15.1. The van der Waals surface area contributed by atoms with Gasteiger partial charge >= 0.3 is 0 Å². The van der Waals surface area contributed by atoms with Crippen molar-refractivity contribution in [1.82, 2.24) is 4.90 Å². The summed E-state index contributed by atoms with van der Waals surface area (Å²) in [6.45, 7) is 8.04. The Kier molecular flexibility index (Phi) is 8.70. The Morgan fingerprint density at radius 2 is 1.55 bits per heavy atom. The van der Waals surface area contributed by atoms with Crippen LogP contribution in [0.25, 0.3) is 11.1 Å². The SMILES string of the molecule is CC.CC.O=C(CCN1C(=O)C=CC1=O)Nc1ccc2c(c1)C(CO)c1ccccc1-2. The Hall–Kier alpha value is -3.25. The number of carbonyl (C=O) groups excluding carboxylic acids is 3. The second-order valence-electron chi connectivity index (χ2n) is 6.58. The van der Waals surface area contributed by atoms with Gasteiger partial charge in [0.1, 0.15) is 0 Å². The fourth-order valence-electron chi connectivity index (χ4n) is 3.67. The summed E-state index contributed by atoms with van der Waals surface area (Å²) < 4.78 is 0. The molecular formula is C25H30N2O4. The number of hydrogen-bond acceptors (Lipinski definition) is 4. The first kappa shape index (κ1) is 24.0. The number of nitrogens with one attached hydrogen (secondary N) is 1. The molecule has 2 aromatic carbocycles. The predicted molar refractivity (Wildman–Crippen MR) is 123 cm³/mol. The van der Waals surface area contributed by atoms with E-state index in [1.54, 1.807) is 0 Å². The molecule has 1 atom stereocenters. The first-order valence-electron chi connectivity index (χ1n) is 10.8. The number of fused-ring (bicyclic) bond motifs is 3. The van der Waals surface area contributed by atoms with Gasteiger partial charge in [0.15, 0.2) is 0 Å². The lowest BCUT2D eigenvalue weighted by molar-refractivity contribution is -0.137. The van der Waals surface area contributed by atoms with Gasteiger partial charge in [0.05, 0.1) is 6.61 Å². The van der Waals surface area contributed by atoms with Crippen LogP contribution in [-0.2, 0) is 14.4 Å². The average Bonchev–Trinajstić information content (AvgIpc) is 3.30. The van der Waals surface area contributed by atoms with Crippen LogP contribution in [0, 0.1) is 0 Å². The number of rotatable bonds is 5. The Morgan fingerprint density at radius 1 is 0.935 bits per heavy atom. The van der Waals surface area contributed by atoms with Gasteiger partial charge in [-0.2, -0.15) is 0 Å². The van der Waals surface area contributed by atoms with Gasteiger partial charge in [-0.15, -0.1) is 0 Å². The molecule has 31 heavy (non-hydrogen) atoms. The molecule has 0 fully saturated rings. The first-order valence-corrected chi connectivity index (χ1v) is 10.8. The van der Waals surface area contributed by atoms with E-state index < -0.39 is 11.8 Å². The van der Waals surface area contributed by atoms with E-state index in [9.17, 15) is 19.5 Å². The Morgan fingerprint density at radius 3 is 2.19 bits per heavy atom. The molecule has 0 spiro atoms. The molecule has 2 N–H and O–H groups in total. The maximum Gasteiger partial charge on any atom is 0.253 e. The van der Waals surface area contributed by atoms with Crippen molar-refractivity contribution in [1.29, 1.82) is 0 Å². The summed E-state index contributed by atoms with van der Waals surface area (Å²) in [6.07, 6.45) is 2.43. The van der Waals surface area contributed by atoms with Crippen molar-refractivity contribution in [2.24, 2.45) is 0 Å². The van der Waals surface area contributed by atoms with E-state index in [0.29, 0.717) is 5.69 Å². The summed E-state index contributed by atoms with van der Waals surface area (Å²) in [5.74, 6) is -1.18. The maximum absolute atomic E-state index is 12.2. The minimum atomic E-state index is -0.395. The normalized spacial score (nSPS) is 15.4. The zero-order valence-electron chi connectivity index (χ0n) is 18.5. The topological polar surface area (TPSA) is 86.7 Å². The summed E-state index contributed by atoms with van der Waals surface area (Å²) in [5, 5.41) is 12.6. The van der Waals surface area contributed by atoms with E-state index >= 15 is 0 Å². The lowest BCUT2D eigenvalue weighted by Crippen LogP contribution is -2.33. The summed E-state index contributed by atoms with van der Waals surface area (Å²) in [7, 11) is 0. The number of amides is 3. The van der Waals surface area contributed by atoms with Crippen molar-refractivity contribution in [2.75, 3.05) is 18.5 Å². The minimum Gasteiger partial charge on any atom is -0.395 e. The lowest BCUT2D eigenvalue weighted by atomic mass is 9.98. The zero-order valence-corrected chi connectivity index (χ0v) is 18.5. The molecule has 1 aliphatic carbocycles. The van der Waals surface area contributed by atoms with Crippen molar-refractivity contribution < 1.29 is 19.5 Å². The quantitative estimate of drug-likeness (QED) is 0.711. The highest BCUT2D eigenvalue weighted by Crippen LogP contribution is 2.45. The largest absolute Gasteiger partial charge is 0.395 e. The zero-order chi connectivity index (χ0) is 23.0. The number of imide groups is 1. The highest BCUT2D eigenvalue weighted by molar-refractivity contribution is 6.13. The van der Waals surface area contributed by atoms with Crippen molar-refractivity contribution in [3.63, 3.8) is 0 Å². The molecule has 0 saturated carbocycles. The summed E-state index contributed by atoms with van der Waals surface area (Å²) in [4.78, 5) is 36.3. The third-order valence-electron chi connectivity index (χ3n) is 4.98. The molecule has 6 heteroatoms. The van der Waals surface area contributed by atoms with Gasteiger partial charge in [0.25, 0.3) is 11.8 Å². The molecule has 1 aliphatic heterocycles. The molecule has 164 valence electrons. The standard InChI is InChI=1S/C21H18N2O4.2C2H6/c24-12-18-15-4-2-1-3-14(15)16-6-5-13(11-17(16)18)22-19(25)9-10-23-20(26)7-8-21(23)27;2*1-2/h1-8,11,18,24H,9-10,12H2,(H,22,25);2*1-2H3. The van der Waals surface area contributed by atoms with Crippen LogP contribution in [0.2, 0.25) is 0 Å². The van der Waals surface area contributed by atoms with Crippen LogP contribution in [0.4, 0.5) is 5.69 Å². The van der Waals surface area contributed by atoms with Crippen molar-refractivity contribution in [2.45, 2.75) is 40.0 Å². The van der Waals surface area contributed by atoms with Gasteiger partial charge < -0.3 is 10.4 Å². The highest BCUT2D eigenvalue weighted by atomic mass is 16.3. The van der Waals surface area contributed by atoms with Crippen LogP contribution in [0.1, 0.15) is 51.2 Å². The number of nitrogens with zero attached hydrogens (tertiary/aromatic N) is 1. The van der Waals surface area contributed by atoms with E-state index in [1.165, 1.54) is 12.2 Å². The van der Waals surface area contributed by atoms with Crippen LogP contribution in [0.15, 0.2) is 54.6 Å². The van der Waals surface area contributed by atoms with Gasteiger partial charge in [-0.25, -0.2) is 0 Å². The van der Waals surface area contributed by atoms with Gasteiger partial charge in [-0.1, -0.05) is 58.0 Å². The van der Waals surface area contributed by atoms with Crippen LogP contribution in [0.3, 0.4) is 0 Å². The molecule has 0 bridgehead atoms. The monoisotopic (exact) mass is 422 g/mol. The maximum atomic E-state index is 12.2. The fourth-order valence-corrected chi connectivity index (χ4v) is 3.67. The van der Waals surface area contributed by atoms with Crippen LogP contribution < -0.4 is 5.32 Å². The number of benzene rings is 2. The van der Waals surface area contributed by atoms with Gasteiger partial charge in [-0.05, 0) is 34.4 Å². The second-order valence-corrected chi connectivity index (χ2v) is 6.58. The Labute approximate surface area is 183 Å². The summed E-state index contributed by atoms with van der Waals surface area (Å²) in [6, 6.07) is 13.6. The number of aliphatic hydroxyl groups excluding tert-OH is 1. The average molecular weight is 423 g/mol. The highest BCUT2D eigenvalue weighted by Gasteiger charge is 2.28. The smallest absolute Gasteiger partial charge is 0.253 e. The molecule has 1 heterocycles. The Bertz CT molecular complexity index is 963. The van der Waals surface area contributed by atoms with E-state index in [4.69, 9.17) is 0 Å². The molecule has 3 amide bonds. The third kappa shape index (κ3) is 5.09. The van der Waals surface area contributed by atoms with Crippen LogP contribution in [0.5, 0.6) is 0 Å². The minimum absolute atomic E-state index is 0.00635. The second kappa shape index (κ2) is 11.2. The third-order valence-corrected chi connectivity index (χ3v) is 4.98. The van der Waals surface area contributed by atoms with E-state index in [2.05, 4.69) is 5.32 Å². The molecule has 0 aromatic heterocycles. The predicted octanol–water partition coefficient (Wildman–Crippen LogP) is 4.10. The Balaban J connectivity index is 0.000000807. The molecule has 4 rings (SSSR count). The molecular weight excluding hydrogens is 392 g/mol.